The van der Waals surface area contributed by atoms with Gasteiger partial charge in [0.25, 0.3) is 5.69 Å². The lowest BCUT2D eigenvalue weighted by molar-refractivity contribution is -0.384. The monoisotopic (exact) mass is 323 g/mol. The Morgan fingerprint density at radius 1 is 1.12 bits per heavy atom. The molecule has 3 aromatic rings. The number of nitrogens with zero attached hydrogens (tertiary/aromatic N) is 3. The number of benzene rings is 2. The molecular formula is C17H13N3O4. The molecule has 1 aromatic heterocycles. The van der Waals surface area contributed by atoms with Gasteiger partial charge in [0.15, 0.2) is 0 Å². The predicted molar refractivity (Wildman–Crippen MR) is 87.0 cm³/mol. The number of nitro benzene ring substituents is 1. The van der Waals surface area contributed by atoms with Crippen molar-refractivity contribution in [3.05, 3.63) is 82.2 Å². The molecule has 0 amide bonds. The standard InChI is InChI=1S/C17H13N3O4/c21-17(22)19-11-15(13-6-8-14(9-7-13)20(23)24)16(18-19)10-12-4-2-1-3-5-12/h1-9,11H,10H2,(H,21,22). The minimum Gasteiger partial charge on any atom is -0.463 e. The molecule has 0 aliphatic heterocycles. The van der Waals surface area contributed by atoms with E-state index >= 15 is 0 Å². The van der Waals surface area contributed by atoms with Crippen molar-refractivity contribution in [3.63, 3.8) is 0 Å². The fraction of sp³-hybridized carbons (Fsp3) is 0.0588. The SMILES string of the molecule is O=C(O)n1cc(-c2ccc([N+](=O)[O-])cc2)c(Cc2ccccc2)n1. The van der Waals surface area contributed by atoms with Crippen LogP contribution in [-0.2, 0) is 6.42 Å². The van der Waals surface area contributed by atoms with Crippen molar-refractivity contribution in [1.82, 2.24) is 9.78 Å². The average Bonchev–Trinajstić information content (AvgIpc) is 3.00. The summed E-state index contributed by atoms with van der Waals surface area (Å²) in [5, 5.41) is 24.0. The first-order valence-corrected chi connectivity index (χ1v) is 7.15. The minimum absolute atomic E-state index is 0.0195. The molecule has 0 radical (unpaired) electrons. The van der Waals surface area contributed by atoms with E-state index in [4.69, 9.17) is 5.11 Å². The van der Waals surface area contributed by atoms with E-state index in [9.17, 15) is 14.9 Å². The molecule has 0 atom stereocenters. The van der Waals surface area contributed by atoms with E-state index in [0.717, 1.165) is 10.2 Å². The molecule has 120 valence electrons. The molecule has 0 saturated heterocycles. The van der Waals surface area contributed by atoms with Gasteiger partial charge in [-0.3, -0.25) is 10.1 Å². The third kappa shape index (κ3) is 3.14. The topological polar surface area (TPSA) is 98.3 Å². The zero-order valence-corrected chi connectivity index (χ0v) is 12.5. The molecular weight excluding hydrogens is 310 g/mol. The lowest BCUT2D eigenvalue weighted by Crippen LogP contribution is -2.08. The molecule has 0 unspecified atom stereocenters. The molecule has 0 bridgehead atoms. The van der Waals surface area contributed by atoms with Crippen LogP contribution in [0.2, 0.25) is 0 Å². The number of carbonyl (C=O) groups is 1. The molecule has 7 nitrogen and oxygen atoms in total. The molecule has 0 fully saturated rings. The molecule has 0 aliphatic rings. The summed E-state index contributed by atoms with van der Waals surface area (Å²) in [4.78, 5) is 21.5. The normalized spacial score (nSPS) is 10.5. The van der Waals surface area contributed by atoms with Crippen LogP contribution in [0.25, 0.3) is 11.1 Å². The number of rotatable bonds is 4. The first kappa shape index (κ1) is 15.4. The maximum atomic E-state index is 11.2. The second-order valence-corrected chi connectivity index (χ2v) is 5.18. The molecule has 2 aromatic carbocycles. The van der Waals surface area contributed by atoms with Gasteiger partial charge in [0.05, 0.1) is 10.6 Å². The molecule has 3 rings (SSSR count). The summed E-state index contributed by atoms with van der Waals surface area (Å²) in [6.45, 7) is 0. The maximum Gasteiger partial charge on any atom is 0.432 e. The fourth-order valence-electron chi connectivity index (χ4n) is 2.43. The number of non-ortho nitro benzene ring substituents is 1. The van der Waals surface area contributed by atoms with Crippen molar-refractivity contribution in [2.45, 2.75) is 6.42 Å². The van der Waals surface area contributed by atoms with Gasteiger partial charge in [-0.15, -0.1) is 0 Å². The van der Waals surface area contributed by atoms with Gasteiger partial charge in [0.2, 0.25) is 0 Å². The number of hydrogen-bond acceptors (Lipinski definition) is 4. The summed E-state index contributed by atoms with van der Waals surface area (Å²) in [6, 6.07) is 15.5. The van der Waals surface area contributed by atoms with Gasteiger partial charge in [-0.05, 0) is 23.3 Å². The van der Waals surface area contributed by atoms with Crippen molar-refractivity contribution in [1.29, 1.82) is 0 Å². The van der Waals surface area contributed by atoms with Crippen LogP contribution in [0.1, 0.15) is 11.3 Å². The van der Waals surface area contributed by atoms with Crippen molar-refractivity contribution < 1.29 is 14.8 Å². The maximum absolute atomic E-state index is 11.2. The van der Waals surface area contributed by atoms with E-state index in [1.54, 1.807) is 12.1 Å². The number of aromatic nitrogens is 2. The Morgan fingerprint density at radius 3 is 2.38 bits per heavy atom. The van der Waals surface area contributed by atoms with Gasteiger partial charge in [-0.25, -0.2) is 4.79 Å². The number of nitro groups is 1. The largest absolute Gasteiger partial charge is 0.463 e. The zero-order valence-electron chi connectivity index (χ0n) is 12.5. The Balaban J connectivity index is 2.02. The van der Waals surface area contributed by atoms with Gasteiger partial charge in [-0.2, -0.15) is 9.78 Å². The Hall–Kier alpha value is -3.48. The highest BCUT2D eigenvalue weighted by molar-refractivity contribution is 5.73. The molecule has 1 heterocycles. The predicted octanol–water partition coefficient (Wildman–Crippen LogP) is 3.58. The van der Waals surface area contributed by atoms with Crippen molar-refractivity contribution in [2.24, 2.45) is 0 Å². The van der Waals surface area contributed by atoms with E-state index in [2.05, 4.69) is 5.10 Å². The first-order chi connectivity index (χ1) is 11.5. The van der Waals surface area contributed by atoms with Gasteiger partial charge in [0, 0.05) is 30.3 Å². The summed E-state index contributed by atoms with van der Waals surface area (Å²) >= 11 is 0. The smallest absolute Gasteiger partial charge is 0.432 e. The van der Waals surface area contributed by atoms with Crippen LogP contribution < -0.4 is 0 Å². The fourth-order valence-corrected chi connectivity index (χ4v) is 2.43. The third-order valence-electron chi connectivity index (χ3n) is 3.59. The molecule has 7 heteroatoms. The highest BCUT2D eigenvalue weighted by atomic mass is 16.6. The van der Waals surface area contributed by atoms with E-state index in [0.29, 0.717) is 23.2 Å². The van der Waals surface area contributed by atoms with Gasteiger partial charge < -0.3 is 5.11 Å². The van der Waals surface area contributed by atoms with Crippen LogP contribution in [0.5, 0.6) is 0 Å². The summed E-state index contributed by atoms with van der Waals surface area (Å²) in [5.74, 6) is 0. The van der Waals surface area contributed by atoms with Gasteiger partial charge >= 0.3 is 6.09 Å². The minimum atomic E-state index is -1.18. The third-order valence-corrected chi connectivity index (χ3v) is 3.59. The summed E-state index contributed by atoms with van der Waals surface area (Å²) in [5.41, 5.74) is 2.89. The van der Waals surface area contributed by atoms with Crippen LogP contribution in [0.4, 0.5) is 10.5 Å². The lowest BCUT2D eigenvalue weighted by atomic mass is 10.0. The Kier molecular flexibility index (Phi) is 4.07. The van der Waals surface area contributed by atoms with Gasteiger partial charge in [0.1, 0.15) is 0 Å². The van der Waals surface area contributed by atoms with Gasteiger partial charge in [-0.1, -0.05) is 30.3 Å². The van der Waals surface area contributed by atoms with E-state index < -0.39 is 11.0 Å². The number of hydrogen-bond donors (Lipinski definition) is 1. The summed E-state index contributed by atoms with van der Waals surface area (Å²) in [7, 11) is 0. The van der Waals surface area contributed by atoms with Crippen LogP contribution in [0.3, 0.4) is 0 Å². The molecule has 1 N–H and O–H groups in total. The summed E-state index contributed by atoms with van der Waals surface area (Å²) in [6.07, 6.45) is 0.701. The van der Waals surface area contributed by atoms with Crippen LogP contribution >= 0.6 is 0 Å². The van der Waals surface area contributed by atoms with Crippen LogP contribution in [0.15, 0.2) is 60.8 Å². The van der Waals surface area contributed by atoms with Crippen LogP contribution in [0, 0.1) is 10.1 Å². The van der Waals surface area contributed by atoms with Crippen molar-refractivity contribution in [2.75, 3.05) is 0 Å². The second-order valence-electron chi connectivity index (χ2n) is 5.18. The second kappa shape index (κ2) is 6.33. The Labute approximate surface area is 136 Å². The van der Waals surface area contributed by atoms with Crippen molar-refractivity contribution in [3.8, 4) is 11.1 Å². The van der Waals surface area contributed by atoms with E-state index in [-0.39, 0.29) is 5.69 Å². The van der Waals surface area contributed by atoms with E-state index in [1.165, 1.54) is 18.3 Å². The molecule has 0 saturated carbocycles. The van der Waals surface area contributed by atoms with Crippen molar-refractivity contribution >= 4 is 11.8 Å². The molecule has 0 aliphatic carbocycles. The highest BCUT2D eigenvalue weighted by Gasteiger charge is 2.15. The summed E-state index contributed by atoms with van der Waals surface area (Å²) < 4.78 is 0.856. The first-order valence-electron chi connectivity index (χ1n) is 7.15. The number of carboxylic acid groups (broad SMARTS) is 1. The zero-order chi connectivity index (χ0) is 17.1. The molecule has 0 spiro atoms. The highest BCUT2D eigenvalue weighted by Crippen LogP contribution is 2.27. The van der Waals surface area contributed by atoms with Crippen LogP contribution in [-0.4, -0.2) is 25.9 Å². The quantitative estimate of drug-likeness (QED) is 0.584. The Morgan fingerprint density at radius 2 is 1.79 bits per heavy atom. The van der Waals surface area contributed by atoms with E-state index in [1.807, 2.05) is 30.3 Å². The lowest BCUT2D eigenvalue weighted by Gasteiger charge is -2.03. The molecule has 24 heavy (non-hydrogen) atoms. The Bertz CT molecular complexity index is 886. The average molecular weight is 323 g/mol.